The maximum atomic E-state index is 5.63. The molecular formula is C11H22N4. The highest BCUT2D eigenvalue weighted by Crippen LogP contribution is 2.36. The van der Waals surface area contributed by atoms with Crippen molar-refractivity contribution >= 4 is 0 Å². The highest BCUT2D eigenvalue weighted by molar-refractivity contribution is 4.93. The molecule has 2 N–H and O–H groups in total. The van der Waals surface area contributed by atoms with Gasteiger partial charge in [0.15, 0.2) is 0 Å². The summed E-state index contributed by atoms with van der Waals surface area (Å²) in [5.41, 5.74) is 5.63. The summed E-state index contributed by atoms with van der Waals surface area (Å²) in [6.45, 7) is 5.19. The van der Waals surface area contributed by atoms with Crippen molar-refractivity contribution < 1.29 is 0 Å². The number of fused-ring (bicyclic) bond motifs is 1. The standard InChI is InChI=1S/C11H22N4/c1-8(2)15-11-7-9(5-6-12)3-4-10(11)13-14-15/h8-11H,3-7,12H2,1-2H3. The fraction of sp³-hybridized carbons (Fsp3) is 1.00. The Morgan fingerprint density at radius 2 is 2.20 bits per heavy atom. The van der Waals surface area contributed by atoms with Crippen molar-refractivity contribution in [3.8, 4) is 0 Å². The first-order chi connectivity index (χ1) is 7.22. The van der Waals surface area contributed by atoms with Gasteiger partial charge in [0.25, 0.3) is 0 Å². The van der Waals surface area contributed by atoms with Crippen molar-refractivity contribution in [1.82, 2.24) is 5.01 Å². The average Bonchev–Trinajstić information content (AvgIpc) is 2.61. The summed E-state index contributed by atoms with van der Waals surface area (Å²) in [7, 11) is 0. The highest BCUT2D eigenvalue weighted by atomic mass is 15.6. The molecule has 2 aliphatic rings. The minimum Gasteiger partial charge on any atom is -0.330 e. The number of hydrogen-bond donors (Lipinski definition) is 1. The fourth-order valence-electron chi connectivity index (χ4n) is 2.81. The van der Waals surface area contributed by atoms with Crippen LogP contribution < -0.4 is 5.73 Å². The summed E-state index contributed by atoms with van der Waals surface area (Å²) >= 11 is 0. The molecule has 3 unspecified atom stereocenters. The summed E-state index contributed by atoms with van der Waals surface area (Å²) in [4.78, 5) is 0. The first-order valence-electron chi connectivity index (χ1n) is 6.11. The topological polar surface area (TPSA) is 54.0 Å². The molecule has 0 aromatic heterocycles. The van der Waals surface area contributed by atoms with Crippen LogP contribution in [0.15, 0.2) is 10.3 Å². The van der Waals surface area contributed by atoms with Gasteiger partial charge in [-0.25, -0.2) is 0 Å². The molecule has 0 bridgehead atoms. The van der Waals surface area contributed by atoms with Crippen LogP contribution in [0.25, 0.3) is 0 Å². The molecule has 0 saturated heterocycles. The molecule has 3 atom stereocenters. The summed E-state index contributed by atoms with van der Waals surface area (Å²) in [6.07, 6.45) is 4.87. The van der Waals surface area contributed by atoms with Crippen LogP contribution in [0.4, 0.5) is 0 Å². The molecule has 4 nitrogen and oxygen atoms in total. The van der Waals surface area contributed by atoms with Gasteiger partial charge in [0.2, 0.25) is 0 Å². The number of nitrogens with two attached hydrogens (primary N) is 1. The normalized spacial score (nSPS) is 34.9. The third-order valence-corrected chi connectivity index (χ3v) is 3.64. The lowest BCUT2D eigenvalue weighted by atomic mass is 9.81. The summed E-state index contributed by atoms with van der Waals surface area (Å²) < 4.78 is 0. The van der Waals surface area contributed by atoms with Gasteiger partial charge in [0.05, 0.1) is 12.1 Å². The predicted molar refractivity (Wildman–Crippen MR) is 60.4 cm³/mol. The van der Waals surface area contributed by atoms with Crippen molar-refractivity contribution in [2.45, 2.75) is 57.7 Å². The van der Waals surface area contributed by atoms with E-state index >= 15 is 0 Å². The second kappa shape index (κ2) is 4.47. The van der Waals surface area contributed by atoms with Crippen LogP contribution in [0.3, 0.4) is 0 Å². The predicted octanol–water partition coefficient (Wildman–Crippen LogP) is 1.96. The van der Waals surface area contributed by atoms with Gasteiger partial charge >= 0.3 is 0 Å². The van der Waals surface area contributed by atoms with Gasteiger partial charge in [-0.1, -0.05) is 5.22 Å². The molecule has 2 rings (SSSR count). The van der Waals surface area contributed by atoms with E-state index in [1.165, 1.54) is 19.3 Å². The zero-order chi connectivity index (χ0) is 10.8. The molecule has 1 fully saturated rings. The Balaban J connectivity index is 1.97. The van der Waals surface area contributed by atoms with Gasteiger partial charge in [-0.15, -0.1) is 0 Å². The molecule has 0 aromatic rings. The van der Waals surface area contributed by atoms with E-state index in [-0.39, 0.29) is 0 Å². The third-order valence-electron chi connectivity index (χ3n) is 3.64. The molecule has 0 spiro atoms. The molecule has 0 amide bonds. The minimum absolute atomic E-state index is 0.460. The number of nitrogens with zero attached hydrogens (tertiary/aromatic N) is 3. The van der Waals surface area contributed by atoms with E-state index in [1.54, 1.807) is 0 Å². The second-order valence-corrected chi connectivity index (χ2v) is 5.07. The van der Waals surface area contributed by atoms with E-state index in [0.717, 1.165) is 18.9 Å². The maximum absolute atomic E-state index is 5.63. The van der Waals surface area contributed by atoms with E-state index in [9.17, 15) is 0 Å². The SMILES string of the molecule is CC(C)N1N=NC2CCC(CCN)CC21. The van der Waals surface area contributed by atoms with Gasteiger partial charge in [-0.05, 0) is 52.0 Å². The van der Waals surface area contributed by atoms with E-state index in [2.05, 4.69) is 29.2 Å². The lowest BCUT2D eigenvalue weighted by Crippen LogP contribution is -2.43. The molecule has 1 aliphatic heterocycles. The number of rotatable bonds is 3. The van der Waals surface area contributed by atoms with Crippen LogP contribution in [0.2, 0.25) is 0 Å². The lowest BCUT2D eigenvalue weighted by molar-refractivity contribution is 0.121. The van der Waals surface area contributed by atoms with Gasteiger partial charge in [-0.2, -0.15) is 5.11 Å². The monoisotopic (exact) mass is 210 g/mol. The van der Waals surface area contributed by atoms with Gasteiger partial charge in [0.1, 0.15) is 0 Å². The van der Waals surface area contributed by atoms with Gasteiger partial charge < -0.3 is 5.73 Å². The Bertz CT molecular complexity index is 239. The van der Waals surface area contributed by atoms with Crippen molar-refractivity contribution in [1.29, 1.82) is 0 Å². The average molecular weight is 210 g/mol. The Morgan fingerprint density at radius 1 is 1.40 bits per heavy atom. The molecule has 1 aliphatic carbocycles. The van der Waals surface area contributed by atoms with E-state index in [1.807, 2.05) is 0 Å². The van der Waals surface area contributed by atoms with Crippen LogP contribution in [0, 0.1) is 5.92 Å². The van der Waals surface area contributed by atoms with Crippen molar-refractivity contribution in [3.05, 3.63) is 0 Å². The van der Waals surface area contributed by atoms with Gasteiger partial charge in [-0.3, -0.25) is 5.01 Å². The summed E-state index contributed by atoms with van der Waals surface area (Å²) in [6, 6.07) is 1.48. The van der Waals surface area contributed by atoms with E-state index in [0.29, 0.717) is 18.1 Å². The molecule has 15 heavy (non-hydrogen) atoms. The van der Waals surface area contributed by atoms with Crippen LogP contribution in [-0.2, 0) is 0 Å². The molecule has 1 saturated carbocycles. The van der Waals surface area contributed by atoms with Crippen LogP contribution in [0.5, 0.6) is 0 Å². The second-order valence-electron chi connectivity index (χ2n) is 5.07. The Kier molecular flexibility index (Phi) is 3.24. The van der Waals surface area contributed by atoms with E-state index < -0.39 is 0 Å². The van der Waals surface area contributed by atoms with Crippen LogP contribution in [-0.4, -0.2) is 29.7 Å². The smallest absolute Gasteiger partial charge is 0.0950 e. The largest absolute Gasteiger partial charge is 0.330 e. The highest BCUT2D eigenvalue weighted by Gasteiger charge is 2.38. The molecule has 86 valence electrons. The summed E-state index contributed by atoms with van der Waals surface area (Å²) in [5.74, 6) is 0.793. The first kappa shape index (κ1) is 10.9. The van der Waals surface area contributed by atoms with Crippen LogP contribution >= 0.6 is 0 Å². The van der Waals surface area contributed by atoms with Crippen molar-refractivity contribution in [3.63, 3.8) is 0 Å². The van der Waals surface area contributed by atoms with Crippen molar-refractivity contribution in [2.75, 3.05) is 6.54 Å². The van der Waals surface area contributed by atoms with Gasteiger partial charge in [0, 0.05) is 6.04 Å². The summed E-state index contributed by atoms with van der Waals surface area (Å²) in [5, 5.41) is 10.9. The Morgan fingerprint density at radius 3 is 2.87 bits per heavy atom. The Hall–Kier alpha value is -0.640. The quantitative estimate of drug-likeness (QED) is 0.774. The third kappa shape index (κ3) is 2.14. The van der Waals surface area contributed by atoms with E-state index in [4.69, 9.17) is 5.73 Å². The molecule has 0 radical (unpaired) electrons. The molecular weight excluding hydrogens is 188 g/mol. The number of hydrogen-bond acceptors (Lipinski definition) is 4. The molecule has 4 heteroatoms. The first-order valence-corrected chi connectivity index (χ1v) is 6.11. The maximum Gasteiger partial charge on any atom is 0.0950 e. The van der Waals surface area contributed by atoms with Crippen LogP contribution in [0.1, 0.15) is 39.5 Å². The Labute approximate surface area is 91.9 Å². The zero-order valence-electron chi connectivity index (χ0n) is 9.76. The molecule has 1 heterocycles. The zero-order valence-corrected chi connectivity index (χ0v) is 9.76. The van der Waals surface area contributed by atoms with Crippen molar-refractivity contribution in [2.24, 2.45) is 22.0 Å². The minimum atomic E-state index is 0.460. The molecule has 0 aromatic carbocycles. The fourth-order valence-corrected chi connectivity index (χ4v) is 2.81. The lowest BCUT2D eigenvalue weighted by Gasteiger charge is -2.35.